The summed E-state index contributed by atoms with van der Waals surface area (Å²) in [7, 11) is -0.699. The number of carbonyl (C=O) groups is 2. The predicted octanol–water partition coefficient (Wildman–Crippen LogP) is 4.32. The highest BCUT2D eigenvalue weighted by Crippen LogP contribution is 2.27. The number of nitrogens with one attached hydrogen (secondary N) is 2. The largest absolute Gasteiger partial charge is 0.326 e. The normalized spacial score (nSPS) is 14.9. The molecule has 0 saturated heterocycles. The van der Waals surface area contributed by atoms with Crippen LogP contribution in [-0.2, 0) is 14.8 Å². The van der Waals surface area contributed by atoms with Gasteiger partial charge in [-0.15, -0.1) is 0 Å². The van der Waals surface area contributed by atoms with Crippen LogP contribution in [0, 0.1) is 19.8 Å². The van der Waals surface area contributed by atoms with E-state index in [1.165, 1.54) is 26.6 Å². The van der Waals surface area contributed by atoms with Crippen molar-refractivity contribution >= 4 is 33.2 Å². The molecule has 0 aliphatic heterocycles. The zero-order valence-corrected chi connectivity index (χ0v) is 19.9. The van der Waals surface area contributed by atoms with E-state index in [0.717, 1.165) is 41.1 Å². The van der Waals surface area contributed by atoms with Gasteiger partial charge in [0.05, 0.1) is 4.90 Å². The van der Waals surface area contributed by atoms with Gasteiger partial charge in [0, 0.05) is 37.0 Å². The van der Waals surface area contributed by atoms with Crippen LogP contribution in [0.2, 0.25) is 0 Å². The SMILES string of the molecule is Cc1cc(S(=O)(=O)N(C)C)cc(NC(=O)c2cccc(NC(=O)C3CCCCC3)c2)c1C. The quantitative estimate of drug-likeness (QED) is 0.675. The van der Waals surface area contributed by atoms with Crippen molar-refractivity contribution in [3.05, 3.63) is 53.1 Å². The van der Waals surface area contributed by atoms with Crippen LogP contribution in [0.4, 0.5) is 11.4 Å². The van der Waals surface area contributed by atoms with Crippen molar-refractivity contribution in [3.63, 3.8) is 0 Å². The Bertz CT molecular complexity index is 1120. The van der Waals surface area contributed by atoms with Crippen molar-refractivity contribution in [1.29, 1.82) is 0 Å². The first-order chi connectivity index (χ1) is 15.1. The van der Waals surface area contributed by atoms with E-state index in [9.17, 15) is 18.0 Å². The lowest BCUT2D eigenvalue weighted by Crippen LogP contribution is -2.25. The van der Waals surface area contributed by atoms with E-state index in [2.05, 4.69) is 10.6 Å². The second kappa shape index (κ2) is 9.83. The molecule has 1 saturated carbocycles. The standard InChI is InChI=1S/C24H31N3O4S/c1-16-13-21(32(30,31)27(3)4)15-22(17(16)2)26-24(29)19-11-8-12-20(14-19)25-23(28)18-9-6-5-7-10-18/h8,11-15,18H,5-7,9-10H2,1-4H3,(H,25,28)(H,26,29). The fraction of sp³-hybridized carbons (Fsp3) is 0.417. The average Bonchev–Trinajstić information content (AvgIpc) is 2.77. The molecule has 7 nitrogen and oxygen atoms in total. The van der Waals surface area contributed by atoms with Gasteiger partial charge in [0.25, 0.3) is 5.91 Å². The number of anilines is 2. The molecule has 2 N–H and O–H groups in total. The Balaban J connectivity index is 1.80. The Morgan fingerprint density at radius 3 is 2.31 bits per heavy atom. The van der Waals surface area contributed by atoms with Crippen LogP contribution in [-0.4, -0.2) is 38.6 Å². The molecular weight excluding hydrogens is 426 g/mol. The first kappa shape index (κ1) is 23.9. The predicted molar refractivity (Wildman–Crippen MR) is 126 cm³/mol. The van der Waals surface area contributed by atoms with Crippen molar-refractivity contribution in [2.75, 3.05) is 24.7 Å². The summed E-state index contributed by atoms with van der Waals surface area (Å²) in [5, 5.41) is 5.76. The number of benzene rings is 2. The highest BCUT2D eigenvalue weighted by atomic mass is 32.2. The lowest BCUT2D eigenvalue weighted by molar-refractivity contribution is -0.120. The fourth-order valence-corrected chi connectivity index (χ4v) is 4.87. The summed E-state index contributed by atoms with van der Waals surface area (Å²) in [5.41, 5.74) is 2.94. The maximum atomic E-state index is 12.9. The second-order valence-corrected chi connectivity index (χ2v) is 10.7. The molecule has 1 aliphatic carbocycles. The van der Waals surface area contributed by atoms with Crippen molar-refractivity contribution in [3.8, 4) is 0 Å². The van der Waals surface area contributed by atoms with E-state index in [1.807, 2.05) is 6.92 Å². The molecule has 172 valence electrons. The fourth-order valence-electron chi connectivity index (χ4n) is 3.86. The van der Waals surface area contributed by atoms with E-state index >= 15 is 0 Å². The summed E-state index contributed by atoms with van der Waals surface area (Å²) in [6, 6.07) is 9.85. The summed E-state index contributed by atoms with van der Waals surface area (Å²) < 4.78 is 26.2. The molecule has 32 heavy (non-hydrogen) atoms. The Hall–Kier alpha value is -2.71. The highest BCUT2D eigenvalue weighted by Gasteiger charge is 2.22. The van der Waals surface area contributed by atoms with E-state index in [-0.39, 0.29) is 22.6 Å². The molecule has 1 aliphatic rings. The van der Waals surface area contributed by atoms with Crippen molar-refractivity contribution in [2.24, 2.45) is 5.92 Å². The molecule has 0 atom stereocenters. The molecular formula is C24H31N3O4S. The average molecular weight is 458 g/mol. The molecule has 2 aromatic rings. The maximum Gasteiger partial charge on any atom is 0.255 e. The molecule has 0 radical (unpaired) electrons. The summed E-state index contributed by atoms with van der Waals surface area (Å²) in [6.45, 7) is 3.64. The van der Waals surface area contributed by atoms with E-state index in [0.29, 0.717) is 16.9 Å². The molecule has 0 unspecified atom stereocenters. The molecule has 3 rings (SSSR count). The van der Waals surface area contributed by atoms with Gasteiger partial charge in [0.15, 0.2) is 0 Å². The number of hydrogen-bond acceptors (Lipinski definition) is 4. The van der Waals surface area contributed by atoms with Gasteiger partial charge in [-0.2, -0.15) is 0 Å². The zero-order valence-electron chi connectivity index (χ0n) is 19.1. The van der Waals surface area contributed by atoms with Crippen LogP contribution < -0.4 is 10.6 Å². The Morgan fingerprint density at radius 1 is 0.969 bits per heavy atom. The number of aryl methyl sites for hydroxylation is 1. The minimum atomic E-state index is -3.64. The summed E-state index contributed by atoms with van der Waals surface area (Å²) >= 11 is 0. The number of carbonyl (C=O) groups excluding carboxylic acids is 2. The van der Waals surface area contributed by atoms with Gasteiger partial charge in [0.1, 0.15) is 0 Å². The molecule has 2 amide bonds. The molecule has 0 bridgehead atoms. The first-order valence-corrected chi connectivity index (χ1v) is 12.3. The summed E-state index contributed by atoms with van der Waals surface area (Å²) in [6.07, 6.45) is 5.12. The summed E-state index contributed by atoms with van der Waals surface area (Å²) in [4.78, 5) is 25.6. The number of rotatable bonds is 6. The van der Waals surface area contributed by atoms with Crippen LogP contribution in [0.25, 0.3) is 0 Å². The third-order valence-electron chi connectivity index (χ3n) is 6.04. The maximum absolute atomic E-state index is 12.9. The lowest BCUT2D eigenvalue weighted by Gasteiger charge is -2.21. The zero-order chi connectivity index (χ0) is 23.5. The van der Waals surface area contributed by atoms with E-state index in [1.54, 1.807) is 37.3 Å². The Labute approximate surface area is 190 Å². The summed E-state index contributed by atoms with van der Waals surface area (Å²) in [5.74, 6) is -0.357. The van der Waals surface area contributed by atoms with Crippen molar-refractivity contribution in [2.45, 2.75) is 50.8 Å². The van der Waals surface area contributed by atoms with Gasteiger partial charge in [-0.1, -0.05) is 25.3 Å². The number of amides is 2. The van der Waals surface area contributed by atoms with Gasteiger partial charge in [0.2, 0.25) is 15.9 Å². The Morgan fingerprint density at radius 2 is 1.66 bits per heavy atom. The minimum Gasteiger partial charge on any atom is -0.326 e. The van der Waals surface area contributed by atoms with Gasteiger partial charge < -0.3 is 10.6 Å². The van der Waals surface area contributed by atoms with E-state index < -0.39 is 10.0 Å². The molecule has 0 heterocycles. The second-order valence-electron chi connectivity index (χ2n) is 8.56. The topological polar surface area (TPSA) is 95.6 Å². The lowest BCUT2D eigenvalue weighted by atomic mass is 9.88. The van der Waals surface area contributed by atoms with Crippen molar-refractivity contribution < 1.29 is 18.0 Å². The van der Waals surface area contributed by atoms with Crippen LogP contribution in [0.5, 0.6) is 0 Å². The molecule has 0 aromatic heterocycles. The van der Waals surface area contributed by atoms with Crippen LogP contribution in [0.1, 0.15) is 53.6 Å². The van der Waals surface area contributed by atoms with Crippen LogP contribution in [0.15, 0.2) is 41.3 Å². The van der Waals surface area contributed by atoms with Crippen molar-refractivity contribution in [1.82, 2.24) is 4.31 Å². The smallest absolute Gasteiger partial charge is 0.255 e. The third-order valence-corrected chi connectivity index (χ3v) is 7.83. The number of nitrogens with zero attached hydrogens (tertiary/aromatic N) is 1. The number of sulfonamides is 1. The van der Waals surface area contributed by atoms with Gasteiger partial charge in [-0.3, -0.25) is 9.59 Å². The first-order valence-electron chi connectivity index (χ1n) is 10.9. The molecule has 8 heteroatoms. The van der Waals surface area contributed by atoms with E-state index in [4.69, 9.17) is 0 Å². The van der Waals surface area contributed by atoms with Crippen LogP contribution in [0.3, 0.4) is 0 Å². The van der Waals surface area contributed by atoms with Gasteiger partial charge >= 0.3 is 0 Å². The molecule has 0 spiro atoms. The Kier molecular flexibility index (Phi) is 7.36. The van der Waals surface area contributed by atoms with Gasteiger partial charge in [-0.25, -0.2) is 12.7 Å². The minimum absolute atomic E-state index is 0.00433. The van der Waals surface area contributed by atoms with Crippen LogP contribution >= 0.6 is 0 Å². The molecule has 2 aromatic carbocycles. The third kappa shape index (κ3) is 5.37. The number of hydrogen-bond donors (Lipinski definition) is 2. The molecule has 1 fully saturated rings. The monoisotopic (exact) mass is 457 g/mol. The van der Waals surface area contributed by atoms with Gasteiger partial charge in [-0.05, 0) is 68.1 Å². The highest BCUT2D eigenvalue weighted by molar-refractivity contribution is 7.89.